The van der Waals surface area contributed by atoms with Gasteiger partial charge in [0.15, 0.2) is 5.96 Å². The minimum Gasteiger partial charge on any atom is -0.356 e. The molecule has 2 aromatic heterocycles. The van der Waals surface area contributed by atoms with E-state index >= 15 is 0 Å². The molecule has 2 rings (SSSR count). The number of carbonyl (C=O) groups excluding carboxylic acids is 1. The molecule has 2 N–H and O–H groups in total. The molecule has 0 atom stereocenters. The zero-order chi connectivity index (χ0) is 20.4. The summed E-state index contributed by atoms with van der Waals surface area (Å²) in [6.45, 7) is 6.49. The molecule has 1 amide bonds. The Bertz CT molecular complexity index is 776. The van der Waals surface area contributed by atoms with Crippen LogP contribution in [0.3, 0.4) is 0 Å². The van der Waals surface area contributed by atoms with Gasteiger partial charge in [-0.1, -0.05) is 6.07 Å². The van der Waals surface area contributed by atoms with E-state index < -0.39 is 0 Å². The number of nitrogens with one attached hydrogen (secondary N) is 2. The summed E-state index contributed by atoms with van der Waals surface area (Å²) in [5.41, 5.74) is 3.18. The van der Waals surface area contributed by atoms with Crippen molar-refractivity contribution in [3.63, 3.8) is 0 Å². The molecular formula is C20H32IN7O. The minimum atomic E-state index is 0. The number of amides is 1. The fourth-order valence-corrected chi connectivity index (χ4v) is 2.80. The van der Waals surface area contributed by atoms with Crippen molar-refractivity contribution in [2.24, 2.45) is 4.99 Å². The smallest absolute Gasteiger partial charge is 0.241 e. The molecule has 0 spiro atoms. The van der Waals surface area contributed by atoms with Crippen LogP contribution in [0.4, 0.5) is 0 Å². The van der Waals surface area contributed by atoms with Crippen molar-refractivity contribution in [2.75, 3.05) is 33.7 Å². The Hall–Kier alpha value is -2.17. The average Bonchev–Trinajstić information content (AvgIpc) is 3.03. The van der Waals surface area contributed by atoms with Gasteiger partial charge in [-0.2, -0.15) is 5.10 Å². The first-order chi connectivity index (χ1) is 13.5. The number of hydrogen-bond acceptors (Lipinski definition) is 4. The summed E-state index contributed by atoms with van der Waals surface area (Å²) in [4.78, 5) is 22.4. The second kappa shape index (κ2) is 13.1. The number of likely N-dealkylation sites (N-methyl/N-ethyl adjacent to an activating group) is 1. The van der Waals surface area contributed by atoms with Crippen LogP contribution >= 0.6 is 24.0 Å². The fourth-order valence-electron chi connectivity index (χ4n) is 2.80. The highest BCUT2D eigenvalue weighted by Crippen LogP contribution is 2.02. The molecular weight excluding hydrogens is 481 g/mol. The summed E-state index contributed by atoms with van der Waals surface area (Å²) in [7, 11) is 3.50. The van der Waals surface area contributed by atoms with E-state index in [2.05, 4.69) is 38.7 Å². The van der Waals surface area contributed by atoms with Gasteiger partial charge in [0.2, 0.25) is 5.91 Å². The number of rotatable bonds is 9. The molecule has 29 heavy (non-hydrogen) atoms. The third-order valence-corrected chi connectivity index (χ3v) is 4.43. The van der Waals surface area contributed by atoms with Crippen LogP contribution in [0.15, 0.2) is 35.5 Å². The molecule has 0 aliphatic carbocycles. The number of aryl methyl sites for hydroxylation is 3. The topological polar surface area (TPSA) is 87.4 Å². The Kier molecular flexibility index (Phi) is 11.3. The van der Waals surface area contributed by atoms with E-state index in [0.29, 0.717) is 12.5 Å². The molecule has 0 saturated heterocycles. The Labute approximate surface area is 190 Å². The lowest BCUT2D eigenvalue weighted by molar-refractivity contribution is -0.128. The summed E-state index contributed by atoms with van der Waals surface area (Å²) in [5.74, 6) is 0.640. The van der Waals surface area contributed by atoms with Crippen molar-refractivity contribution in [3.05, 3.63) is 47.5 Å². The van der Waals surface area contributed by atoms with Crippen LogP contribution in [0.2, 0.25) is 0 Å². The number of hydrogen-bond donors (Lipinski definition) is 2. The predicted octanol–water partition coefficient (Wildman–Crippen LogP) is 1.77. The van der Waals surface area contributed by atoms with E-state index in [0.717, 1.165) is 37.3 Å². The quantitative estimate of drug-likeness (QED) is 0.231. The number of aliphatic imine (C=N–C) groups is 1. The van der Waals surface area contributed by atoms with Gasteiger partial charge in [-0.15, -0.1) is 24.0 Å². The van der Waals surface area contributed by atoms with Crippen molar-refractivity contribution in [1.29, 1.82) is 0 Å². The summed E-state index contributed by atoms with van der Waals surface area (Å²) in [5, 5.41) is 10.8. The molecule has 0 saturated carbocycles. The third-order valence-electron chi connectivity index (χ3n) is 4.43. The van der Waals surface area contributed by atoms with Gasteiger partial charge in [-0.3, -0.25) is 19.5 Å². The number of aromatic nitrogens is 3. The molecule has 9 heteroatoms. The summed E-state index contributed by atoms with van der Waals surface area (Å²) in [6, 6.07) is 7.88. The molecule has 0 fully saturated rings. The van der Waals surface area contributed by atoms with E-state index in [9.17, 15) is 4.79 Å². The van der Waals surface area contributed by atoms with Gasteiger partial charge in [0.05, 0.1) is 12.2 Å². The highest BCUT2D eigenvalue weighted by atomic mass is 127. The largest absolute Gasteiger partial charge is 0.356 e. The Morgan fingerprint density at radius 2 is 2.07 bits per heavy atom. The normalized spacial score (nSPS) is 11.0. The van der Waals surface area contributed by atoms with Crippen molar-refractivity contribution < 1.29 is 4.79 Å². The molecule has 8 nitrogen and oxygen atoms in total. The molecule has 160 valence electrons. The second-order valence-electron chi connectivity index (χ2n) is 6.74. The summed E-state index contributed by atoms with van der Waals surface area (Å²) >= 11 is 0. The van der Waals surface area contributed by atoms with Gasteiger partial charge in [-0.05, 0) is 38.5 Å². The molecule has 2 heterocycles. The lowest BCUT2D eigenvalue weighted by Crippen LogP contribution is -2.44. The van der Waals surface area contributed by atoms with Gasteiger partial charge in [-0.25, -0.2) is 0 Å². The van der Waals surface area contributed by atoms with Crippen molar-refractivity contribution in [3.8, 4) is 0 Å². The maximum Gasteiger partial charge on any atom is 0.241 e. The van der Waals surface area contributed by atoms with Gasteiger partial charge < -0.3 is 15.5 Å². The molecule has 0 unspecified atom stereocenters. The number of carbonyl (C=O) groups is 1. The van der Waals surface area contributed by atoms with Crippen LogP contribution in [0.5, 0.6) is 0 Å². The van der Waals surface area contributed by atoms with Crippen LogP contribution in [0.1, 0.15) is 23.5 Å². The van der Waals surface area contributed by atoms with Gasteiger partial charge in [0.25, 0.3) is 0 Å². The highest BCUT2D eigenvalue weighted by Gasteiger charge is 2.10. The first-order valence-electron chi connectivity index (χ1n) is 9.59. The first-order valence-corrected chi connectivity index (χ1v) is 9.59. The van der Waals surface area contributed by atoms with Crippen molar-refractivity contribution in [1.82, 2.24) is 30.3 Å². The zero-order valence-corrected chi connectivity index (χ0v) is 20.0. The number of nitrogens with zero attached hydrogens (tertiary/aromatic N) is 5. The summed E-state index contributed by atoms with van der Waals surface area (Å²) < 4.78 is 2.01. The Balaban J connectivity index is 0.00000420. The lowest BCUT2D eigenvalue weighted by atomic mass is 10.2. The monoisotopic (exact) mass is 513 g/mol. The Morgan fingerprint density at radius 3 is 2.69 bits per heavy atom. The number of pyridine rings is 1. The Morgan fingerprint density at radius 1 is 1.28 bits per heavy atom. The molecule has 0 bridgehead atoms. The molecule has 0 radical (unpaired) electrons. The minimum absolute atomic E-state index is 0. The highest BCUT2D eigenvalue weighted by molar-refractivity contribution is 14.0. The predicted molar refractivity (Wildman–Crippen MR) is 127 cm³/mol. The standard InChI is InChI=1S/C20H31N7O.HI/c1-16-14-17(2)27(25-16)12-7-11-23-20(21-3)24-15-19(28)26(4)13-9-18-8-5-6-10-22-18;/h5-6,8,10,14H,7,9,11-13,15H2,1-4H3,(H2,21,23,24);1H. The van der Waals surface area contributed by atoms with E-state index in [1.807, 2.05) is 29.8 Å². The SMILES string of the molecule is CN=C(NCCCn1nc(C)cc1C)NCC(=O)N(C)CCc1ccccn1.I. The van der Waals surface area contributed by atoms with Gasteiger partial charge in [0.1, 0.15) is 0 Å². The van der Waals surface area contributed by atoms with Gasteiger partial charge >= 0.3 is 0 Å². The van der Waals surface area contributed by atoms with E-state index in [-0.39, 0.29) is 36.4 Å². The van der Waals surface area contributed by atoms with E-state index in [1.54, 1.807) is 25.2 Å². The second-order valence-corrected chi connectivity index (χ2v) is 6.74. The van der Waals surface area contributed by atoms with Crippen molar-refractivity contribution in [2.45, 2.75) is 33.2 Å². The maximum atomic E-state index is 12.3. The molecule has 0 aliphatic heterocycles. The lowest BCUT2D eigenvalue weighted by Gasteiger charge is -2.18. The van der Waals surface area contributed by atoms with E-state index in [1.165, 1.54) is 5.69 Å². The molecule has 0 aromatic carbocycles. The van der Waals surface area contributed by atoms with Gasteiger partial charge in [0, 0.05) is 57.7 Å². The molecule has 0 aliphatic rings. The van der Waals surface area contributed by atoms with Crippen LogP contribution in [0.25, 0.3) is 0 Å². The maximum absolute atomic E-state index is 12.3. The number of guanidine groups is 1. The van der Waals surface area contributed by atoms with Crippen molar-refractivity contribution >= 4 is 35.8 Å². The zero-order valence-electron chi connectivity index (χ0n) is 17.7. The van der Waals surface area contributed by atoms with Crippen LogP contribution < -0.4 is 10.6 Å². The summed E-state index contributed by atoms with van der Waals surface area (Å²) in [6.07, 6.45) is 3.42. The first kappa shape index (κ1) is 24.9. The van der Waals surface area contributed by atoms with Crippen LogP contribution in [-0.4, -0.2) is 65.3 Å². The fraction of sp³-hybridized carbons (Fsp3) is 0.500. The van der Waals surface area contributed by atoms with Crippen LogP contribution in [-0.2, 0) is 17.8 Å². The van der Waals surface area contributed by atoms with E-state index in [4.69, 9.17) is 0 Å². The average molecular weight is 513 g/mol. The number of halogens is 1. The molecule has 2 aromatic rings. The third kappa shape index (κ3) is 8.80. The van der Waals surface area contributed by atoms with Crippen LogP contribution in [0, 0.1) is 13.8 Å².